The molecule has 0 amide bonds. The van der Waals surface area contributed by atoms with E-state index in [0.29, 0.717) is 4.53 Å². The lowest BCUT2D eigenvalue weighted by molar-refractivity contribution is 0.291. The van der Waals surface area contributed by atoms with Gasteiger partial charge in [0.25, 0.3) is 5.56 Å². The highest BCUT2D eigenvalue weighted by molar-refractivity contribution is 7.07. The Morgan fingerprint density at radius 2 is 1.32 bits per heavy atom. The molecule has 0 bridgehead atoms. The van der Waals surface area contributed by atoms with Gasteiger partial charge in [-0.05, 0) is 45.6 Å². The summed E-state index contributed by atoms with van der Waals surface area (Å²) in [7, 11) is 0. The fraction of sp³-hybridized carbons (Fsp3) is 0.111. The molecule has 0 spiro atoms. The Kier molecular flexibility index (Phi) is 6.89. The van der Waals surface area contributed by atoms with Gasteiger partial charge in [-0.1, -0.05) is 133 Å². The zero-order valence-electron chi connectivity index (χ0n) is 22.6. The van der Waals surface area contributed by atoms with Gasteiger partial charge in [0.1, 0.15) is 0 Å². The molecule has 5 aromatic rings. The number of hydrogen-bond acceptors (Lipinski definition) is 4. The number of hydrogen-bond donors (Lipinski definition) is 0. The van der Waals surface area contributed by atoms with Crippen LogP contribution in [0.25, 0.3) is 12.2 Å². The van der Waals surface area contributed by atoms with E-state index in [4.69, 9.17) is 4.99 Å². The van der Waals surface area contributed by atoms with Crippen molar-refractivity contribution < 1.29 is 0 Å². The first-order chi connectivity index (χ1) is 20.2. The molecule has 1 atom stereocenters. The van der Waals surface area contributed by atoms with Gasteiger partial charge in [0.2, 0.25) is 0 Å². The number of fused-ring (bicyclic) bond motifs is 1. The highest BCUT2D eigenvalue weighted by Crippen LogP contribution is 2.37. The summed E-state index contributed by atoms with van der Waals surface area (Å²) in [6.07, 6.45) is 4.24. The van der Waals surface area contributed by atoms with Gasteiger partial charge in [-0.25, -0.2) is 4.99 Å². The van der Waals surface area contributed by atoms with Gasteiger partial charge in [0.05, 0.1) is 16.3 Å². The van der Waals surface area contributed by atoms with Gasteiger partial charge in [0, 0.05) is 19.6 Å². The minimum absolute atomic E-state index is 0.00628. The second-order valence-corrected chi connectivity index (χ2v) is 11.5. The summed E-state index contributed by atoms with van der Waals surface area (Å²) in [5.41, 5.74) is 7.89. The molecule has 1 aromatic heterocycles. The Balaban J connectivity index is 1.43. The summed E-state index contributed by atoms with van der Waals surface area (Å²) in [6, 6.07) is 41.3. The number of rotatable bonds is 5. The van der Waals surface area contributed by atoms with Crippen LogP contribution in [0.2, 0.25) is 0 Å². The van der Waals surface area contributed by atoms with Crippen LogP contribution in [-0.4, -0.2) is 22.6 Å². The van der Waals surface area contributed by atoms with Gasteiger partial charge in [-0.3, -0.25) is 14.3 Å². The average Bonchev–Trinajstić information content (AvgIpc) is 3.32. The van der Waals surface area contributed by atoms with Crippen LogP contribution in [-0.2, 0) is 6.54 Å². The number of nitrogens with zero attached hydrogens (tertiary/aromatic N) is 3. The van der Waals surface area contributed by atoms with Gasteiger partial charge in [0.15, 0.2) is 4.80 Å². The first-order valence-electron chi connectivity index (χ1n) is 13.9. The van der Waals surface area contributed by atoms with Crippen LogP contribution in [0, 0.1) is 0 Å². The molecular weight excluding hydrogens is 522 g/mol. The zero-order chi connectivity index (χ0) is 27.6. The van der Waals surface area contributed by atoms with Crippen molar-refractivity contribution in [2.24, 2.45) is 4.99 Å². The Morgan fingerprint density at radius 1 is 0.732 bits per heavy atom. The molecule has 4 aromatic carbocycles. The van der Waals surface area contributed by atoms with Crippen molar-refractivity contribution in [2.45, 2.75) is 12.6 Å². The third-order valence-corrected chi connectivity index (χ3v) is 8.61. The third-order valence-electron chi connectivity index (χ3n) is 7.63. The van der Waals surface area contributed by atoms with Crippen LogP contribution in [0.4, 0.5) is 0 Å². The molecule has 1 unspecified atom stereocenters. The fourth-order valence-corrected chi connectivity index (χ4v) is 6.80. The van der Waals surface area contributed by atoms with E-state index in [1.54, 1.807) is 0 Å². The van der Waals surface area contributed by atoms with Crippen molar-refractivity contribution in [3.05, 3.63) is 180 Å². The second kappa shape index (κ2) is 11.1. The molecule has 0 saturated carbocycles. The SMILES string of the molecule is O=c1/c(=C\c2ccccc2)sc2n1C(c1ccccc1)C1=C(N=2)/C(=C/c2ccccc2)CN(Cc2ccccc2)C1. The van der Waals surface area contributed by atoms with Gasteiger partial charge < -0.3 is 0 Å². The van der Waals surface area contributed by atoms with Crippen LogP contribution in [0.1, 0.15) is 28.3 Å². The van der Waals surface area contributed by atoms with Crippen LogP contribution in [0.15, 0.2) is 148 Å². The maximum Gasteiger partial charge on any atom is 0.271 e. The van der Waals surface area contributed by atoms with E-state index in [-0.39, 0.29) is 11.6 Å². The van der Waals surface area contributed by atoms with Crippen molar-refractivity contribution in [2.75, 3.05) is 13.1 Å². The van der Waals surface area contributed by atoms with E-state index in [1.165, 1.54) is 28.0 Å². The molecule has 4 nitrogen and oxygen atoms in total. The Bertz CT molecular complexity index is 1920. The monoisotopic (exact) mass is 551 g/mol. The predicted molar refractivity (Wildman–Crippen MR) is 167 cm³/mol. The zero-order valence-corrected chi connectivity index (χ0v) is 23.4. The summed E-state index contributed by atoms with van der Waals surface area (Å²) in [5, 5.41) is 0. The second-order valence-electron chi connectivity index (χ2n) is 10.5. The van der Waals surface area contributed by atoms with E-state index in [0.717, 1.165) is 46.8 Å². The first-order valence-corrected chi connectivity index (χ1v) is 14.7. The largest absolute Gasteiger partial charge is 0.291 e. The molecule has 5 heteroatoms. The van der Waals surface area contributed by atoms with E-state index in [1.807, 2.05) is 53.1 Å². The van der Waals surface area contributed by atoms with Crippen LogP contribution < -0.4 is 14.9 Å². The molecule has 0 saturated heterocycles. The topological polar surface area (TPSA) is 37.6 Å². The quantitative estimate of drug-likeness (QED) is 0.276. The minimum Gasteiger partial charge on any atom is -0.291 e. The van der Waals surface area contributed by atoms with Crippen LogP contribution >= 0.6 is 11.3 Å². The summed E-state index contributed by atoms with van der Waals surface area (Å²) in [4.78, 5) is 22.5. The summed E-state index contributed by atoms with van der Waals surface area (Å²) >= 11 is 1.48. The summed E-state index contributed by atoms with van der Waals surface area (Å²) < 4.78 is 2.62. The minimum atomic E-state index is -0.224. The van der Waals surface area contributed by atoms with Crippen molar-refractivity contribution in [3.63, 3.8) is 0 Å². The molecule has 3 heterocycles. The summed E-state index contributed by atoms with van der Waals surface area (Å²) in [6.45, 7) is 2.34. The Morgan fingerprint density at radius 3 is 1.98 bits per heavy atom. The average molecular weight is 552 g/mol. The van der Waals surface area contributed by atoms with Crippen molar-refractivity contribution >= 4 is 23.5 Å². The third kappa shape index (κ3) is 5.18. The fourth-order valence-electron chi connectivity index (χ4n) is 5.80. The van der Waals surface area contributed by atoms with E-state index < -0.39 is 0 Å². The maximum atomic E-state index is 14.1. The Labute approximate surface area is 243 Å². The lowest BCUT2D eigenvalue weighted by Gasteiger charge is -2.37. The van der Waals surface area contributed by atoms with Gasteiger partial charge in [-0.15, -0.1) is 0 Å². The highest BCUT2D eigenvalue weighted by atomic mass is 32.1. The standard InChI is InChI=1S/C36H29N3OS/c40-35-32(22-27-15-7-2-8-16-27)41-36-37-33-30(21-26-13-5-1-6-14-26)24-38(23-28-17-9-3-10-18-28)25-31(33)34(39(35)36)29-19-11-4-12-20-29/h1-22,34H,23-25H2/b30-21+,32-22+. The molecule has 200 valence electrons. The molecule has 0 fully saturated rings. The number of thiazole rings is 1. The number of aromatic nitrogens is 1. The van der Waals surface area contributed by atoms with Crippen molar-refractivity contribution in [3.8, 4) is 0 Å². The highest BCUT2D eigenvalue weighted by Gasteiger charge is 2.34. The van der Waals surface area contributed by atoms with E-state index in [2.05, 4.69) is 89.8 Å². The normalized spacial score (nSPS) is 18.2. The molecule has 2 aliphatic rings. The Hall–Kier alpha value is -4.58. The molecule has 2 aliphatic heterocycles. The summed E-state index contributed by atoms with van der Waals surface area (Å²) in [5.74, 6) is 0. The van der Waals surface area contributed by atoms with E-state index in [9.17, 15) is 4.79 Å². The van der Waals surface area contributed by atoms with Crippen LogP contribution in [0.3, 0.4) is 0 Å². The van der Waals surface area contributed by atoms with Gasteiger partial charge in [-0.2, -0.15) is 0 Å². The van der Waals surface area contributed by atoms with E-state index >= 15 is 0 Å². The van der Waals surface area contributed by atoms with Crippen LogP contribution in [0.5, 0.6) is 0 Å². The predicted octanol–water partition coefficient (Wildman–Crippen LogP) is 5.81. The molecular formula is C36H29N3OS. The molecule has 0 aliphatic carbocycles. The molecule has 0 N–H and O–H groups in total. The molecule has 41 heavy (non-hydrogen) atoms. The van der Waals surface area contributed by atoms with Gasteiger partial charge >= 0.3 is 0 Å². The smallest absolute Gasteiger partial charge is 0.271 e. The first kappa shape index (κ1) is 25.4. The van der Waals surface area contributed by atoms with Crippen molar-refractivity contribution in [1.82, 2.24) is 9.47 Å². The lowest BCUT2D eigenvalue weighted by atomic mass is 9.89. The lowest BCUT2D eigenvalue weighted by Crippen LogP contribution is -2.43. The molecule has 7 rings (SSSR count). The molecule has 0 radical (unpaired) electrons. The number of benzene rings is 4. The maximum absolute atomic E-state index is 14.1. The van der Waals surface area contributed by atoms with Crippen molar-refractivity contribution in [1.29, 1.82) is 0 Å².